The van der Waals surface area contributed by atoms with Crippen molar-refractivity contribution < 1.29 is 26.7 Å². The number of nitrogens with one attached hydrogen (secondary N) is 2. The lowest BCUT2D eigenvalue weighted by molar-refractivity contribution is -0.120. The topological polar surface area (TPSA) is 87.2 Å². The number of aromatic nitrogens is 2. The van der Waals surface area contributed by atoms with Gasteiger partial charge in [0.1, 0.15) is 10.7 Å². The third-order valence-corrected chi connectivity index (χ3v) is 5.14. The van der Waals surface area contributed by atoms with Gasteiger partial charge in [0.25, 0.3) is 5.56 Å². The molecule has 1 aromatic carbocycles. The number of carbonyl (C=O) groups excluding carboxylic acids is 1. The van der Waals surface area contributed by atoms with Gasteiger partial charge < -0.3 is 4.98 Å². The summed E-state index contributed by atoms with van der Waals surface area (Å²) in [4.78, 5) is 32.0. The smallest absolute Gasteiger partial charge is 0.259 e. The van der Waals surface area contributed by atoms with E-state index in [-0.39, 0.29) is 5.82 Å². The zero-order chi connectivity index (χ0) is 21.5. The van der Waals surface area contributed by atoms with Crippen LogP contribution in [-0.4, -0.2) is 22.1 Å². The maximum Gasteiger partial charge on any atom is 0.259 e. The number of thiophene rings is 1. The number of carbonyl (C=O) groups is 1. The number of rotatable bonds is 4. The fraction of sp³-hybridized carbons (Fsp3) is 0.176. The van der Waals surface area contributed by atoms with E-state index in [0.717, 1.165) is 10.4 Å². The van der Waals surface area contributed by atoms with Crippen molar-refractivity contribution >= 4 is 33.7 Å². The number of hydrazone groups is 1. The van der Waals surface area contributed by atoms with Crippen molar-refractivity contribution in [2.24, 2.45) is 5.10 Å². The Kier molecular flexibility index (Phi) is 5.46. The summed E-state index contributed by atoms with van der Waals surface area (Å²) in [6, 6.07) is 0. The molecule has 0 atom stereocenters. The lowest BCUT2D eigenvalue weighted by Gasteiger charge is -2.04. The van der Waals surface area contributed by atoms with Gasteiger partial charge in [-0.2, -0.15) is 5.10 Å². The molecule has 0 saturated carbocycles. The minimum atomic E-state index is -2.30. The van der Waals surface area contributed by atoms with E-state index in [9.17, 15) is 31.5 Å². The van der Waals surface area contributed by atoms with Crippen molar-refractivity contribution in [1.82, 2.24) is 15.4 Å². The van der Waals surface area contributed by atoms with E-state index in [1.165, 1.54) is 11.3 Å². The van der Waals surface area contributed by atoms with Crippen LogP contribution in [0.2, 0.25) is 0 Å². The fourth-order valence-electron chi connectivity index (χ4n) is 2.48. The average Bonchev–Trinajstić information content (AvgIpc) is 2.95. The molecular weight excluding hydrogens is 419 g/mol. The quantitative estimate of drug-likeness (QED) is 0.219. The number of hydrogen-bond donors (Lipinski definition) is 2. The number of amides is 1. The van der Waals surface area contributed by atoms with Gasteiger partial charge in [0.05, 0.1) is 23.6 Å². The number of fused-ring (bicyclic) bond motifs is 1. The molecule has 2 heterocycles. The van der Waals surface area contributed by atoms with Crippen molar-refractivity contribution in [1.29, 1.82) is 0 Å². The van der Waals surface area contributed by atoms with E-state index in [1.807, 2.05) is 12.3 Å². The number of hydrogen-bond acceptors (Lipinski definition) is 5. The SMILES string of the molecule is Cc1sc2nc(CC(=O)N/N=C/c3c(F)c(F)c(F)c(F)c3F)[nH]c(=O)c2c1C. The highest BCUT2D eigenvalue weighted by Crippen LogP contribution is 2.25. The Balaban J connectivity index is 1.77. The molecule has 6 nitrogen and oxygen atoms in total. The third-order valence-electron chi connectivity index (χ3n) is 4.04. The predicted octanol–water partition coefficient (Wildman–Crippen LogP) is 2.99. The van der Waals surface area contributed by atoms with Crippen molar-refractivity contribution in [2.45, 2.75) is 20.3 Å². The largest absolute Gasteiger partial charge is 0.309 e. The van der Waals surface area contributed by atoms with Crippen molar-refractivity contribution in [3.63, 3.8) is 0 Å². The number of aryl methyl sites for hydroxylation is 2. The van der Waals surface area contributed by atoms with Crippen molar-refractivity contribution in [3.8, 4) is 0 Å². The highest BCUT2D eigenvalue weighted by Gasteiger charge is 2.24. The second kappa shape index (κ2) is 7.70. The van der Waals surface area contributed by atoms with Gasteiger partial charge in [0.15, 0.2) is 23.3 Å². The van der Waals surface area contributed by atoms with Crippen LogP contribution in [0.4, 0.5) is 22.0 Å². The van der Waals surface area contributed by atoms with Gasteiger partial charge in [-0.05, 0) is 19.4 Å². The van der Waals surface area contributed by atoms with E-state index in [1.54, 1.807) is 6.92 Å². The van der Waals surface area contributed by atoms with Gasteiger partial charge >= 0.3 is 0 Å². The summed E-state index contributed by atoms with van der Waals surface area (Å²) in [7, 11) is 0. The summed E-state index contributed by atoms with van der Waals surface area (Å²) in [5.74, 6) is -11.5. The highest BCUT2D eigenvalue weighted by molar-refractivity contribution is 7.18. The van der Waals surface area contributed by atoms with Gasteiger partial charge in [-0.3, -0.25) is 9.59 Å². The summed E-state index contributed by atoms with van der Waals surface area (Å²) >= 11 is 1.28. The third kappa shape index (κ3) is 3.75. The normalized spacial score (nSPS) is 11.6. The Morgan fingerprint density at radius 3 is 2.31 bits per heavy atom. The molecule has 0 bridgehead atoms. The van der Waals surface area contributed by atoms with Crippen LogP contribution >= 0.6 is 11.3 Å². The van der Waals surface area contributed by atoms with E-state index in [2.05, 4.69) is 15.1 Å². The molecule has 2 aromatic heterocycles. The molecule has 152 valence electrons. The maximum absolute atomic E-state index is 13.5. The Labute approximate surface area is 163 Å². The standard InChI is InChI=1S/C17H11F5N4O2S/c1-5-6(2)29-17-10(5)16(28)24-8(25-17)3-9(27)26-23-4-7-11(18)13(20)15(22)14(21)12(7)19/h4H,3H2,1-2H3,(H,26,27)(H,24,25,28)/b23-4+. The Bertz CT molecular complexity index is 1210. The summed E-state index contributed by atoms with van der Waals surface area (Å²) in [5.41, 5.74) is 0.919. The minimum absolute atomic E-state index is 0.0210. The Hall–Kier alpha value is -3.15. The minimum Gasteiger partial charge on any atom is -0.309 e. The lowest BCUT2D eigenvalue weighted by atomic mass is 10.2. The van der Waals surface area contributed by atoms with Crippen LogP contribution in [0.15, 0.2) is 9.90 Å². The number of halogens is 5. The molecule has 1 amide bonds. The molecule has 3 rings (SSSR count). The summed E-state index contributed by atoms with van der Waals surface area (Å²) in [6.45, 7) is 3.59. The van der Waals surface area contributed by atoms with Gasteiger partial charge in [-0.15, -0.1) is 11.3 Å². The predicted molar refractivity (Wildman–Crippen MR) is 95.4 cm³/mol. The van der Waals surface area contributed by atoms with E-state index in [4.69, 9.17) is 0 Å². The zero-order valence-corrected chi connectivity index (χ0v) is 15.6. The molecule has 0 spiro atoms. The van der Waals surface area contributed by atoms with Crippen LogP contribution in [-0.2, 0) is 11.2 Å². The maximum atomic E-state index is 13.5. The van der Waals surface area contributed by atoms with Crippen LogP contribution in [0.5, 0.6) is 0 Å². The summed E-state index contributed by atoms with van der Waals surface area (Å²) in [6.07, 6.45) is -0.144. The van der Waals surface area contributed by atoms with E-state index < -0.39 is 52.5 Å². The molecule has 0 saturated heterocycles. The molecule has 0 unspecified atom stereocenters. The van der Waals surface area contributed by atoms with Gasteiger partial charge in [-0.25, -0.2) is 32.4 Å². The molecule has 0 fully saturated rings. The first-order chi connectivity index (χ1) is 13.6. The van der Waals surface area contributed by atoms with Crippen LogP contribution < -0.4 is 11.0 Å². The molecule has 0 aliphatic heterocycles. The number of nitrogens with zero attached hydrogens (tertiary/aromatic N) is 2. The fourth-order valence-corrected chi connectivity index (χ4v) is 3.53. The van der Waals surface area contributed by atoms with Gasteiger partial charge in [0, 0.05) is 4.88 Å². The summed E-state index contributed by atoms with van der Waals surface area (Å²) < 4.78 is 66.3. The second-order valence-corrected chi connectivity index (χ2v) is 7.13. The summed E-state index contributed by atoms with van der Waals surface area (Å²) in [5, 5.41) is 3.61. The van der Waals surface area contributed by atoms with Crippen LogP contribution in [0.1, 0.15) is 21.8 Å². The van der Waals surface area contributed by atoms with Crippen LogP contribution in [0, 0.1) is 42.9 Å². The first-order valence-corrected chi connectivity index (χ1v) is 8.75. The highest BCUT2D eigenvalue weighted by atomic mass is 32.1. The average molecular weight is 430 g/mol. The Morgan fingerprint density at radius 2 is 1.69 bits per heavy atom. The van der Waals surface area contributed by atoms with E-state index in [0.29, 0.717) is 16.4 Å². The van der Waals surface area contributed by atoms with Gasteiger partial charge in [-0.1, -0.05) is 0 Å². The number of benzene rings is 1. The number of aromatic amines is 1. The lowest BCUT2D eigenvalue weighted by Crippen LogP contribution is -2.23. The monoisotopic (exact) mass is 430 g/mol. The first kappa shape index (κ1) is 20.6. The van der Waals surface area contributed by atoms with Crippen LogP contribution in [0.25, 0.3) is 10.2 Å². The van der Waals surface area contributed by atoms with Crippen molar-refractivity contribution in [2.75, 3.05) is 0 Å². The molecule has 0 radical (unpaired) electrons. The van der Waals surface area contributed by atoms with Crippen LogP contribution in [0.3, 0.4) is 0 Å². The zero-order valence-electron chi connectivity index (χ0n) is 14.8. The molecule has 2 N–H and O–H groups in total. The Morgan fingerprint density at radius 1 is 1.10 bits per heavy atom. The second-order valence-electron chi connectivity index (χ2n) is 5.93. The molecule has 0 aliphatic rings. The van der Waals surface area contributed by atoms with Gasteiger partial charge in [0.2, 0.25) is 11.7 Å². The molecule has 3 aromatic rings. The van der Waals surface area contributed by atoms with Crippen molar-refractivity contribution in [3.05, 3.63) is 61.3 Å². The molecule has 0 aliphatic carbocycles. The first-order valence-electron chi connectivity index (χ1n) is 7.94. The molecule has 29 heavy (non-hydrogen) atoms. The molecular formula is C17H11F5N4O2S. The molecule has 12 heteroatoms. The number of H-pyrrole nitrogens is 1. The van der Waals surface area contributed by atoms with E-state index >= 15 is 0 Å².